The minimum absolute atomic E-state index is 0.121. The maximum Gasteiger partial charge on any atom is 0.234 e. The van der Waals surface area contributed by atoms with Crippen LogP contribution in [0, 0.1) is 0 Å². The van der Waals surface area contributed by atoms with Crippen LogP contribution in [0.5, 0.6) is 0 Å². The van der Waals surface area contributed by atoms with Crippen molar-refractivity contribution < 1.29 is 9.26 Å². The van der Waals surface area contributed by atoms with E-state index >= 15 is 0 Å². The molecule has 1 unspecified atom stereocenters. The second-order valence-electron chi connectivity index (χ2n) is 5.99. The summed E-state index contributed by atoms with van der Waals surface area (Å²) >= 11 is 0. The highest BCUT2D eigenvalue weighted by molar-refractivity contribution is 5.10. The largest absolute Gasteiger partial charge is 0.367 e. The predicted molar refractivity (Wildman–Crippen MR) is 77.4 cm³/mol. The zero-order valence-electron chi connectivity index (χ0n) is 12.9. The molecule has 0 aromatic carbocycles. The number of nitrogens with zero attached hydrogens (tertiary/aromatic N) is 2. The first-order chi connectivity index (χ1) is 9.60. The molecule has 1 fully saturated rings. The van der Waals surface area contributed by atoms with Crippen LogP contribution in [0.15, 0.2) is 4.52 Å². The Morgan fingerprint density at radius 1 is 1.30 bits per heavy atom. The highest BCUT2D eigenvalue weighted by Crippen LogP contribution is 2.38. The van der Waals surface area contributed by atoms with Crippen molar-refractivity contribution in [1.82, 2.24) is 10.1 Å². The monoisotopic (exact) mass is 281 g/mol. The molecule has 0 bridgehead atoms. The number of ether oxygens (including phenoxy) is 1. The Morgan fingerprint density at radius 3 is 2.55 bits per heavy atom. The summed E-state index contributed by atoms with van der Waals surface area (Å²) in [6.07, 6.45) is 6.55. The molecule has 5 heteroatoms. The summed E-state index contributed by atoms with van der Waals surface area (Å²) in [5, 5.41) is 4.18. The number of hydrogen-bond acceptors (Lipinski definition) is 5. The molecule has 1 aliphatic rings. The zero-order valence-corrected chi connectivity index (χ0v) is 12.9. The fourth-order valence-corrected chi connectivity index (χ4v) is 3.03. The molecule has 1 aliphatic carbocycles. The molecule has 0 saturated heterocycles. The smallest absolute Gasteiger partial charge is 0.234 e. The van der Waals surface area contributed by atoms with Gasteiger partial charge in [0.05, 0.1) is 5.41 Å². The summed E-state index contributed by atoms with van der Waals surface area (Å²) < 4.78 is 11.4. The van der Waals surface area contributed by atoms with E-state index in [1.54, 1.807) is 0 Å². The lowest BCUT2D eigenvalue weighted by Gasteiger charge is -2.32. The molecule has 2 N–H and O–H groups in total. The molecule has 0 spiro atoms. The third kappa shape index (κ3) is 2.74. The van der Waals surface area contributed by atoms with E-state index in [0.717, 1.165) is 19.3 Å². The molecule has 1 atom stereocenters. The normalized spacial score (nSPS) is 21.6. The summed E-state index contributed by atoms with van der Waals surface area (Å²) in [4.78, 5) is 4.66. The average Bonchev–Trinajstić information content (AvgIpc) is 2.99. The summed E-state index contributed by atoms with van der Waals surface area (Å²) in [5.74, 6) is 1.35. The first kappa shape index (κ1) is 15.4. The molecule has 1 heterocycles. The fraction of sp³-hybridized carbons (Fsp3) is 0.867. The molecule has 20 heavy (non-hydrogen) atoms. The molecule has 1 saturated carbocycles. The van der Waals surface area contributed by atoms with Crippen molar-refractivity contribution in [2.24, 2.45) is 5.73 Å². The first-order valence-corrected chi connectivity index (χ1v) is 7.79. The highest BCUT2D eigenvalue weighted by Gasteiger charge is 2.40. The molecule has 5 nitrogen and oxygen atoms in total. The van der Waals surface area contributed by atoms with Crippen LogP contribution in [0.4, 0.5) is 0 Å². The lowest BCUT2D eigenvalue weighted by molar-refractivity contribution is -0.0403. The van der Waals surface area contributed by atoms with E-state index in [4.69, 9.17) is 15.0 Å². The molecule has 0 amide bonds. The molecular formula is C15H27N3O2. The van der Waals surface area contributed by atoms with E-state index in [0.29, 0.717) is 24.9 Å². The van der Waals surface area contributed by atoms with E-state index in [1.807, 2.05) is 13.8 Å². The number of rotatable bonds is 6. The van der Waals surface area contributed by atoms with Crippen molar-refractivity contribution in [1.29, 1.82) is 0 Å². The van der Waals surface area contributed by atoms with Gasteiger partial charge in [0.25, 0.3) is 0 Å². The lowest BCUT2D eigenvalue weighted by atomic mass is 9.74. The summed E-state index contributed by atoms with van der Waals surface area (Å²) in [7, 11) is 0. The Kier molecular flexibility index (Phi) is 4.81. The van der Waals surface area contributed by atoms with Crippen molar-refractivity contribution in [2.75, 3.05) is 13.2 Å². The standard InChI is InChI=1S/C15H27N3O2/c1-4-14(3,19-5-2)12-17-13(20-18-12)15(11-16)9-7-6-8-10-15/h4-11,16H2,1-3H3. The van der Waals surface area contributed by atoms with E-state index < -0.39 is 5.60 Å². The van der Waals surface area contributed by atoms with Gasteiger partial charge in [0.2, 0.25) is 11.7 Å². The Hall–Kier alpha value is -0.940. The van der Waals surface area contributed by atoms with Gasteiger partial charge in [-0.2, -0.15) is 4.98 Å². The second kappa shape index (κ2) is 6.22. The summed E-state index contributed by atoms with van der Waals surface area (Å²) in [5.41, 5.74) is 5.43. The maximum absolute atomic E-state index is 6.02. The SMILES string of the molecule is CCOC(C)(CC)c1noc(C2(CN)CCCCC2)n1. The highest BCUT2D eigenvalue weighted by atomic mass is 16.5. The van der Waals surface area contributed by atoms with Crippen LogP contribution in [0.1, 0.15) is 71.0 Å². The van der Waals surface area contributed by atoms with Gasteiger partial charge in [0, 0.05) is 13.2 Å². The molecule has 2 rings (SSSR count). The van der Waals surface area contributed by atoms with Gasteiger partial charge in [0.15, 0.2) is 0 Å². The van der Waals surface area contributed by atoms with Gasteiger partial charge in [-0.15, -0.1) is 0 Å². The first-order valence-electron chi connectivity index (χ1n) is 7.79. The molecule has 0 aliphatic heterocycles. The molecular weight excluding hydrogens is 254 g/mol. The van der Waals surface area contributed by atoms with E-state index in [2.05, 4.69) is 17.1 Å². The quantitative estimate of drug-likeness (QED) is 0.867. The van der Waals surface area contributed by atoms with Crippen LogP contribution in [-0.4, -0.2) is 23.3 Å². The maximum atomic E-state index is 6.02. The van der Waals surface area contributed by atoms with E-state index in [-0.39, 0.29) is 5.41 Å². The predicted octanol–water partition coefficient (Wildman–Crippen LogP) is 2.89. The molecule has 0 radical (unpaired) electrons. The summed E-state index contributed by atoms with van der Waals surface area (Å²) in [6, 6.07) is 0. The van der Waals surface area contributed by atoms with Crippen molar-refractivity contribution in [2.45, 2.75) is 70.3 Å². The van der Waals surface area contributed by atoms with Crippen LogP contribution in [0.2, 0.25) is 0 Å². The topological polar surface area (TPSA) is 74.2 Å². The van der Waals surface area contributed by atoms with Crippen molar-refractivity contribution in [3.8, 4) is 0 Å². The van der Waals surface area contributed by atoms with E-state index in [9.17, 15) is 0 Å². The van der Waals surface area contributed by atoms with Crippen LogP contribution in [0.3, 0.4) is 0 Å². The number of hydrogen-bond donors (Lipinski definition) is 1. The van der Waals surface area contributed by atoms with Crippen LogP contribution in [-0.2, 0) is 15.8 Å². The van der Waals surface area contributed by atoms with E-state index in [1.165, 1.54) is 19.3 Å². The Bertz CT molecular complexity index is 427. The van der Waals surface area contributed by atoms with Gasteiger partial charge in [-0.1, -0.05) is 31.3 Å². The number of aromatic nitrogens is 2. The van der Waals surface area contributed by atoms with Gasteiger partial charge in [-0.3, -0.25) is 0 Å². The molecule has 1 aromatic rings. The zero-order chi connectivity index (χ0) is 14.6. The minimum Gasteiger partial charge on any atom is -0.367 e. The van der Waals surface area contributed by atoms with Gasteiger partial charge < -0.3 is 15.0 Å². The minimum atomic E-state index is -0.471. The van der Waals surface area contributed by atoms with Crippen LogP contribution < -0.4 is 5.73 Å². The number of nitrogens with two attached hydrogens (primary N) is 1. The third-order valence-electron chi connectivity index (χ3n) is 4.69. The van der Waals surface area contributed by atoms with Crippen molar-refractivity contribution in [3.63, 3.8) is 0 Å². The van der Waals surface area contributed by atoms with Crippen LogP contribution in [0.25, 0.3) is 0 Å². The van der Waals surface area contributed by atoms with Gasteiger partial charge in [-0.05, 0) is 33.1 Å². The van der Waals surface area contributed by atoms with Crippen molar-refractivity contribution in [3.05, 3.63) is 11.7 Å². The Balaban J connectivity index is 2.27. The Morgan fingerprint density at radius 2 is 2.00 bits per heavy atom. The van der Waals surface area contributed by atoms with Gasteiger partial charge in [-0.25, -0.2) is 0 Å². The third-order valence-corrected chi connectivity index (χ3v) is 4.69. The average molecular weight is 281 g/mol. The molecule has 114 valence electrons. The molecule has 1 aromatic heterocycles. The van der Waals surface area contributed by atoms with Crippen LogP contribution >= 0.6 is 0 Å². The van der Waals surface area contributed by atoms with Gasteiger partial charge >= 0.3 is 0 Å². The fourth-order valence-electron chi connectivity index (χ4n) is 3.03. The van der Waals surface area contributed by atoms with Gasteiger partial charge in [0.1, 0.15) is 5.60 Å². The van der Waals surface area contributed by atoms with Crippen molar-refractivity contribution >= 4 is 0 Å². The summed E-state index contributed by atoms with van der Waals surface area (Å²) in [6.45, 7) is 7.28. The lowest BCUT2D eigenvalue weighted by Crippen LogP contribution is -2.37. The Labute approximate surface area is 121 Å². The second-order valence-corrected chi connectivity index (χ2v) is 5.99.